The van der Waals surface area contributed by atoms with Crippen LogP contribution in [0.4, 0.5) is 14.6 Å². The Bertz CT molecular complexity index is 2500. The second-order valence-electron chi connectivity index (χ2n) is 14.4. The van der Waals surface area contributed by atoms with E-state index in [2.05, 4.69) is 26.6 Å². The molecule has 53 heavy (non-hydrogen) atoms. The van der Waals surface area contributed by atoms with Crippen molar-refractivity contribution in [1.29, 1.82) is 0 Å². The molecule has 6 heterocycles. The van der Waals surface area contributed by atoms with E-state index in [1.807, 2.05) is 29.2 Å². The number of benzene rings is 2. The lowest BCUT2D eigenvalue weighted by atomic mass is 9.89. The molecule has 10 rings (SSSR count). The van der Waals surface area contributed by atoms with Crippen molar-refractivity contribution in [2.24, 2.45) is 0 Å². The summed E-state index contributed by atoms with van der Waals surface area (Å²) in [6.45, 7) is 2.40. The summed E-state index contributed by atoms with van der Waals surface area (Å²) in [7, 11) is 1.49. The van der Waals surface area contributed by atoms with Crippen LogP contribution in [-0.2, 0) is 19.3 Å². The summed E-state index contributed by atoms with van der Waals surface area (Å²) in [5.74, 6) is -1.50. The van der Waals surface area contributed by atoms with E-state index < -0.39 is 18.4 Å². The van der Waals surface area contributed by atoms with E-state index in [-0.39, 0.29) is 17.9 Å². The van der Waals surface area contributed by atoms with Crippen LogP contribution >= 0.6 is 22.9 Å². The predicted molar refractivity (Wildman–Crippen MR) is 198 cm³/mol. The number of halogens is 3. The van der Waals surface area contributed by atoms with Crippen LogP contribution in [0.25, 0.3) is 32.0 Å². The first-order valence-electron chi connectivity index (χ1n) is 17.8. The van der Waals surface area contributed by atoms with Crippen LogP contribution in [0.2, 0.25) is 5.02 Å². The van der Waals surface area contributed by atoms with Gasteiger partial charge in [-0.05, 0) is 90.4 Å². The Morgan fingerprint density at radius 2 is 1.98 bits per heavy atom. The van der Waals surface area contributed by atoms with Crippen molar-refractivity contribution in [3.63, 3.8) is 0 Å². The fourth-order valence-electron chi connectivity index (χ4n) is 9.00. The standard InChI is InChI=1S/C40H33ClF2N6O3S/c1-19-47-48-38(52-19)31-27(16-21-9-8-20-15-23(41)10-11-24(20)21)45-34-28-6-4-14-49(28)39(50)33(34)32(31)30-17-22-12-13-44-37(35(22)53-30)46-36-25-5-3-7-29(51-2)26(25)18-40(36,42)43/h3,5,7,10-13,15,17,21,28,36H,4,6,8-9,14,16,18H2,1-2H3,(H,44,46)/t21-,28+,36-/m1/s1. The molecule has 0 unspecified atom stereocenters. The number of amides is 1. The van der Waals surface area contributed by atoms with Gasteiger partial charge in [-0.25, -0.2) is 13.8 Å². The zero-order valence-electron chi connectivity index (χ0n) is 28.9. The van der Waals surface area contributed by atoms with E-state index in [4.69, 9.17) is 25.7 Å². The minimum atomic E-state index is -3.08. The van der Waals surface area contributed by atoms with Crippen molar-refractivity contribution >= 4 is 44.7 Å². The zero-order valence-corrected chi connectivity index (χ0v) is 30.5. The van der Waals surface area contributed by atoms with Gasteiger partial charge < -0.3 is 19.4 Å². The molecule has 6 aromatic rings. The Morgan fingerprint density at radius 3 is 2.81 bits per heavy atom. The third-order valence-electron chi connectivity index (χ3n) is 11.3. The van der Waals surface area contributed by atoms with Crippen LogP contribution in [0.5, 0.6) is 5.75 Å². The molecule has 268 valence electrons. The molecule has 0 radical (unpaired) electrons. The number of carbonyl (C=O) groups is 1. The molecule has 0 saturated carbocycles. The zero-order chi connectivity index (χ0) is 36.2. The maximum absolute atomic E-state index is 15.7. The molecule has 3 atom stereocenters. The Kier molecular flexibility index (Phi) is 7.43. The molecule has 4 aromatic heterocycles. The Labute approximate surface area is 312 Å². The maximum atomic E-state index is 15.7. The number of ether oxygens (including phenoxy) is 1. The lowest BCUT2D eigenvalue weighted by Gasteiger charge is -2.22. The number of nitrogens with one attached hydrogen (secondary N) is 1. The van der Waals surface area contributed by atoms with E-state index in [9.17, 15) is 4.79 Å². The minimum absolute atomic E-state index is 0.0695. The molecular weight excluding hydrogens is 718 g/mol. The van der Waals surface area contributed by atoms with Crippen LogP contribution in [0.1, 0.15) is 87.2 Å². The van der Waals surface area contributed by atoms with Gasteiger partial charge in [-0.15, -0.1) is 21.5 Å². The lowest BCUT2D eigenvalue weighted by Crippen LogP contribution is -2.28. The molecule has 4 aliphatic rings. The molecule has 0 bridgehead atoms. The highest BCUT2D eigenvalue weighted by molar-refractivity contribution is 7.23. The number of aromatic nitrogens is 4. The first-order valence-corrected chi connectivity index (χ1v) is 19.0. The third-order valence-corrected chi connectivity index (χ3v) is 12.7. The van der Waals surface area contributed by atoms with E-state index in [1.54, 1.807) is 31.3 Å². The summed E-state index contributed by atoms with van der Waals surface area (Å²) >= 11 is 7.78. The second-order valence-corrected chi connectivity index (χ2v) is 15.9. The van der Waals surface area contributed by atoms with Crippen molar-refractivity contribution in [2.45, 2.75) is 69.4 Å². The van der Waals surface area contributed by atoms with E-state index in [0.717, 1.165) is 52.4 Å². The van der Waals surface area contributed by atoms with Gasteiger partial charge in [0.2, 0.25) is 11.8 Å². The lowest BCUT2D eigenvalue weighted by molar-refractivity contribution is -0.00734. The van der Waals surface area contributed by atoms with Gasteiger partial charge in [0.1, 0.15) is 17.6 Å². The van der Waals surface area contributed by atoms with Gasteiger partial charge in [-0.2, -0.15) is 0 Å². The number of alkyl halides is 2. The number of pyridine rings is 2. The highest BCUT2D eigenvalue weighted by Crippen LogP contribution is 2.53. The molecule has 9 nitrogen and oxygen atoms in total. The van der Waals surface area contributed by atoms with Gasteiger partial charge >= 0.3 is 0 Å². The van der Waals surface area contributed by atoms with E-state index in [0.29, 0.717) is 68.8 Å². The normalized spacial score (nSPS) is 20.9. The number of anilines is 1. The number of thiophene rings is 1. The summed E-state index contributed by atoms with van der Waals surface area (Å²) in [6.07, 6.45) is 5.38. The molecule has 2 aromatic carbocycles. The van der Waals surface area contributed by atoms with Gasteiger partial charge in [-0.1, -0.05) is 29.8 Å². The van der Waals surface area contributed by atoms with Crippen molar-refractivity contribution < 1.29 is 22.7 Å². The molecule has 2 aliphatic heterocycles. The quantitative estimate of drug-likeness (QED) is 0.172. The minimum Gasteiger partial charge on any atom is -0.496 e. The average molecular weight is 751 g/mol. The summed E-state index contributed by atoms with van der Waals surface area (Å²) in [6, 6.07) is 13.7. The Balaban J connectivity index is 1.15. The van der Waals surface area contributed by atoms with Gasteiger partial charge in [-0.3, -0.25) is 9.78 Å². The molecule has 13 heteroatoms. The molecule has 1 amide bonds. The molecule has 1 fully saturated rings. The Hall–Kier alpha value is -4.94. The van der Waals surface area contributed by atoms with Gasteiger partial charge in [0.05, 0.1) is 40.4 Å². The van der Waals surface area contributed by atoms with Gasteiger partial charge in [0.15, 0.2) is 0 Å². The molecular formula is C40H33ClF2N6O3S. The summed E-state index contributed by atoms with van der Waals surface area (Å²) in [4.78, 5) is 27.0. The van der Waals surface area contributed by atoms with Crippen molar-refractivity contribution in [2.75, 3.05) is 19.0 Å². The van der Waals surface area contributed by atoms with E-state index in [1.165, 1.54) is 29.6 Å². The fourth-order valence-corrected chi connectivity index (χ4v) is 10.4. The van der Waals surface area contributed by atoms with Crippen molar-refractivity contribution in [1.82, 2.24) is 25.1 Å². The summed E-state index contributed by atoms with van der Waals surface area (Å²) in [5.41, 5.74) is 6.90. The Morgan fingerprint density at radius 1 is 1.09 bits per heavy atom. The SMILES string of the molecule is COc1cccc2c1CC(F)(F)[C@@H]2Nc1nccc2cc(-c3c4c(nc(C[C@H]5CCc6cc(Cl)ccc65)c3-c3nnc(C)o3)[C@@H]3CCCN3C4=O)sc12. The van der Waals surface area contributed by atoms with Crippen LogP contribution in [-0.4, -0.2) is 50.5 Å². The van der Waals surface area contributed by atoms with E-state index >= 15 is 8.78 Å². The third kappa shape index (κ3) is 5.09. The number of aryl methyl sites for hydroxylation is 2. The van der Waals surface area contributed by atoms with Crippen LogP contribution in [0, 0.1) is 6.92 Å². The summed E-state index contributed by atoms with van der Waals surface area (Å²) in [5, 5.41) is 13.3. The predicted octanol–water partition coefficient (Wildman–Crippen LogP) is 9.29. The molecule has 0 spiro atoms. The topological polar surface area (TPSA) is 106 Å². The molecule has 1 N–H and O–H groups in total. The van der Waals surface area contributed by atoms with Crippen molar-refractivity contribution in [3.8, 4) is 27.6 Å². The first kappa shape index (κ1) is 32.7. The number of fused-ring (bicyclic) bond motifs is 6. The highest BCUT2D eigenvalue weighted by Gasteiger charge is 2.49. The van der Waals surface area contributed by atoms with Gasteiger partial charge in [0, 0.05) is 47.1 Å². The summed E-state index contributed by atoms with van der Waals surface area (Å²) < 4.78 is 43.7. The fraction of sp³-hybridized carbons (Fsp3) is 0.325. The second kappa shape index (κ2) is 12.0. The van der Waals surface area contributed by atoms with Crippen LogP contribution in [0.3, 0.4) is 0 Å². The number of nitrogens with zero attached hydrogens (tertiary/aromatic N) is 5. The number of rotatable bonds is 7. The number of hydrogen-bond donors (Lipinski definition) is 1. The monoisotopic (exact) mass is 750 g/mol. The maximum Gasteiger partial charge on any atom is 0.276 e. The van der Waals surface area contributed by atoms with Crippen LogP contribution in [0.15, 0.2) is 59.1 Å². The largest absolute Gasteiger partial charge is 0.496 e. The number of carbonyl (C=O) groups excluding carboxylic acids is 1. The smallest absolute Gasteiger partial charge is 0.276 e. The number of hydrogen-bond acceptors (Lipinski definition) is 9. The van der Waals surface area contributed by atoms with Crippen LogP contribution < -0.4 is 10.1 Å². The molecule has 2 aliphatic carbocycles. The van der Waals surface area contributed by atoms with Gasteiger partial charge in [0.25, 0.3) is 11.8 Å². The highest BCUT2D eigenvalue weighted by atomic mass is 35.5. The first-order chi connectivity index (χ1) is 25.7. The molecule has 1 saturated heterocycles. The van der Waals surface area contributed by atoms with Crippen molar-refractivity contribution in [3.05, 3.63) is 105 Å². The number of methoxy groups -OCH3 is 1. The average Bonchev–Trinajstić information content (AvgIpc) is 3.99.